The first kappa shape index (κ1) is 31.8. The molecule has 1 aliphatic heterocycles. The topological polar surface area (TPSA) is 14.1 Å². The molecule has 0 spiro atoms. The molecule has 201 valence electrons. The molecule has 1 rings (SSSR count). The monoisotopic (exact) mass is 482 g/mol. The van der Waals surface area contributed by atoms with E-state index < -0.39 is 0 Å². The van der Waals surface area contributed by atoms with E-state index in [1.54, 1.807) is 0 Å². The highest BCUT2D eigenvalue weighted by atomic mass is 14.9. The molecule has 1 aliphatic rings. The third-order valence-corrected chi connectivity index (χ3v) is 7.29. The van der Waals surface area contributed by atoms with E-state index in [4.69, 9.17) is 0 Å². The van der Waals surface area contributed by atoms with Gasteiger partial charge in [0, 0.05) is 11.8 Å². The zero-order valence-electron chi connectivity index (χ0n) is 23.9. The standard InChI is InChI=1S/C34H60N/c1-3-5-7-9-11-13-15-17-19-21-23-25-27-29-33-31-32-35-34(33)30-28-26-24-22-20-18-16-14-12-10-8-6-4-2/h27-32H,3-26H2,1-2H3. The van der Waals surface area contributed by atoms with Crippen LogP contribution < -0.4 is 5.32 Å². The summed E-state index contributed by atoms with van der Waals surface area (Å²) in [4.78, 5) is 0. The molecule has 0 bridgehead atoms. The van der Waals surface area contributed by atoms with Crippen molar-refractivity contribution >= 4 is 0 Å². The van der Waals surface area contributed by atoms with E-state index in [0.29, 0.717) is 0 Å². The van der Waals surface area contributed by atoms with Crippen LogP contribution in [0, 0.1) is 0 Å². The Morgan fingerprint density at radius 2 is 0.857 bits per heavy atom. The van der Waals surface area contributed by atoms with E-state index in [1.807, 2.05) is 6.20 Å². The van der Waals surface area contributed by atoms with Crippen molar-refractivity contribution in [2.45, 2.75) is 168 Å². The largest absolute Gasteiger partial charge is 0.256 e. The van der Waals surface area contributed by atoms with Gasteiger partial charge in [-0.15, -0.1) is 0 Å². The highest BCUT2D eigenvalue weighted by Gasteiger charge is 2.04. The van der Waals surface area contributed by atoms with Crippen molar-refractivity contribution in [3.05, 3.63) is 47.9 Å². The maximum Gasteiger partial charge on any atom is 0.0699 e. The predicted octanol–water partition coefficient (Wildman–Crippen LogP) is 11.9. The quantitative estimate of drug-likeness (QED) is 0.109. The first-order valence-electron chi connectivity index (χ1n) is 15.8. The van der Waals surface area contributed by atoms with Crippen molar-refractivity contribution in [3.8, 4) is 0 Å². The lowest BCUT2D eigenvalue weighted by molar-refractivity contribution is 0.550. The third-order valence-electron chi connectivity index (χ3n) is 7.29. The zero-order valence-corrected chi connectivity index (χ0v) is 23.9. The predicted molar refractivity (Wildman–Crippen MR) is 159 cm³/mol. The molecule has 0 N–H and O–H groups in total. The van der Waals surface area contributed by atoms with Gasteiger partial charge in [-0.25, -0.2) is 0 Å². The van der Waals surface area contributed by atoms with Crippen LogP contribution in [0.15, 0.2) is 47.9 Å². The fourth-order valence-corrected chi connectivity index (χ4v) is 4.90. The summed E-state index contributed by atoms with van der Waals surface area (Å²) in [5.41, 5.74) is 2.42. The number of allylic oxidation sites excluding steroid dienone is 6. The number of unbranched alkanes of at least 4 members (excludes halogenated alkanes) is 22. The van der Waals surface area contributed by atoms with Crippen LogP contribution in [0.4, 0.5) is 0 Å². The molecule has 1 nitrogen and oxygen atoms in total. The van der Waals surface area contributed by atoms with Gasteiger partial charge in [-0.1, -0.05) is 160 Å². The van der Waals surface area contributed by atoms with Gasteiger partial charge >= 0.3 is 0 Å². The van der Waals surface area contributed by atoms with Crippen LogP contribution in [0.3, 0.4) is 0 Å². The Morgan fingerprint density at radius 3 is 1.29 bits per heavy atom. The van der Waals surface area contributed by atoms with E-state index in [-0.39, 0.29) is 0 Å². The molecule has 0 amide bonds. The number of rotatable bonds is 26. The van der Waals surface area contributed by atoms with Crippen molar-refractivity contribution in [2.24, 2.45) is 0 Å². The fourth-order valence-electron chi connectivity index (χ4n) is 4.90. The first-order chi connectivity index (χ1) is 17.4. The summed E-state index contributed by atoms with van der Waals surface area (Å²) in [6.07, 6.45) is 46.8. The molecular weight excluding hydrogens is 422 g/mol. The van der Waals surface area contributed by atoms with Gasteiger partial charge in [0.2, 0.25) is 0 Å². The van der Waals surface area contributed by atoms with Crippen LogP contribution in [0.2, 0.25) is 0 Å². The summed E-state index contributed by atoms with van der Waals surface area (Å²) in [6, 6.07) is 0. The van der Waals surface area contributed by atoms with Crippen LogP contribution in [0.5, 0.6) is 0 Å². The summed E-state index contributed by atoms with van der Waals surface area (Å²) < 4.78 is 0. The van der Waals surface area contributed by atoms with Crippen molar-refractivity contribution in [1.29, 1.82) is 0 Å². The van der Waals surface area contributed by atoms with E-state index in [2.05, 4.69) is 49.5 Å². The van der Waals surface area contributed by atoms with Gasteiger partial charge in [-0.3, -0.25) is 5.32 Å². The van der Waals surface area contributed by atoms with Gasteiger partial charge < -0.3 is 0 Å². The number of hydrogen-bond donors (Lipinski definition) is 0. The molecule has 1 heterocycles. The lowest BCUT2D eigenvalue weighted by Crippen LogP contribution is -1.89. The Balaban J connectivity index is 1.97. The second-order valence-corrected chi connectivity index (χ2v) is 10.7. The van der Waals surface area contributed by atoms with Crippen molar-refractivity contribution in [1.82, 2.24) is 5.32 Å². The minimum atomic E-state index is 1.14. The minimum absolute atomic E-state index is 1.14. The molecule has 0 saturated carbocycles. The van der Waals surface area contributed by atoms with Crippen LogP contribution in [0.1, 0.15) is 168 Å². The molecule has 35 heavy (non-hydrogen) atoms. The maximum atomic E-state index is 4.55. The summed E-state index contributed by atoms with van der Waals surface area (Å²) in [7, 11) is 0. The third kappa shape index (κ3) is 20.6. The molecule has 0 aromatic heterocycles. The van der Waals surface area contributed by atoms with Crippen LogP contribution in [-0.4, -0.2) is 0 Å². The fraction of sp³-hybridized carbons (Fsp3) is 0.765. The second kappa shape index (κ2) is 25.8. The second-order valence-electron chi connectivity index (χ2n) is 10.7. The Kier molecular flexibility index (Phi) is 23.5. The van der Waals surface area contributed by atoms with Crippen LogP contribution in [0.25, 0.3) is 0 Å². The lowest BCUT2D eigenvalue weighted by atomic mass is 10.0. The first-order valence-corrected chi connectivity index (χ1v) is 15.8. The minimum Gasteiger partial charge on any atom is -0.256 e. The van der Waals surface area contributed by atoms with Gasteiger partial charge in [-0.05, 0) is 37.8 Å². The van der Waals surface area contributed by atoms with E-state index in [9.17, 15) is 0 Å². The Morgan fingerprint density at radius 1 is 0.486 bits per heavy atom. The molecule has 0 aromatic rings. The van der Waals surface area contributed by atoms with Crippen molar-refractivity contribution < 1.29 is 0 Å². The SMILES string of the molecule is CCCCCCCCCCCCCC=CC1=C(C=CCCCCCCCCCCCCC)[N]C=C1. The molecule has 0 aliphatic carbocycles. The molecule has 0 fully saturated rings. The smallest absolute Gasteiger partial charge is 0.0699 e. The lowest BCUT2D eigenvalue weighted by Gasteiger charge is -2.02. The molecule has 1 heteroatoms. The number of nitrogens with zero attached hydrogens (tertiary/aromatic N) is 1. The summed E-state index contributed by atoms with van der Waals surface area (Å²) in [5, 5.41) is 4.55. The van der Waals surface area contributed by atoms with Crippen molar-refractivity contribution in [3.63, 3.8) is 0 Å². The summed E-state index contributed by atoms with van der Waals surface area (Å²) >= 11 is 0. The maximum absolute atomic E-state index is 4.55. The highest BCUT2D eigenvalue weighted by Crippen LogP contribution is 2.17. The number of hydrogen-bond acceptors (Lipinski definition) is 0. The van der Waals surface area contributed by atoms with Gasteiger partial charge in [0.15, 0.2) is 0 Å². The van der Waals surface area contributed by atoms with Gasteiger partial charge in [0.05, 0.1) is 5.70 Å². The average molecular weight is 483 g/mol. The molecule has 0 unspecified atom stereocenters. The Bertz CT molecular complexity index is 565. The summed E-state index contributed by atoms with van der Waals surface area (Å²) in [5.74, 6) is 0. The molecule has 0 aromatic carbocycles. The molecule has 0 saturated heterocycles. The molecule has 1 radical (unpaired) electrons. The normalized spacial score (nSPS) is 13.7. The van der Waals surface area contributed by atoms with Gasteiger partial charge in [0.25, 0.3) is 0 Å². The van der Waals surface area contributed by atoms with Crippen LogP contribution >= 0.6 is 0 Å². The zero-order chi connectivity index (χ0) is 25.1. The van der Waals surface area contributed by atoms with E-state index in [1.165, 1.54) is 160 Å². The van der Waals surface area contributed by atoms with Crippen molar-refractivity contribution in [2.75, 3.05) is 0 Å². The summed E-state index contributed by atoms with van der Waals surface area (Å²) in [6.45, 7) is 4.59. The van der Waals surface area contributed by atoms with Crippen LogP contribution in [-0.2, 0) is 0 Å². The Labute approximate surface area is 221 Å². The van der Waals surface area contributed by atoms with Gasteiger partial charge in [0.1, 0.15) is 0 Å². The molecular formula is C34H60N. The molecule has 0 atom stereocenters. The Hall–Kier alpha value is -1.24. The van der Waals surface area contributed by atoms with E-state index in [0.717, 1.165) is 5.70 Å². The average Bonchev–Trinajstić information content (AvgIpc) is 3.32. The highest BCUT2D eigenvalue weighted by molar-refractivity contribution is 5.44. The van der Waals surface area contributed by atoms with E-state index >= 15 is 0 Å². The van der Waals surface area contributed by atoms with Gasteiger partial charge in [-0.2, -0.15) is 0 Å².